The molecule has 0 saturated heterocycles. The van der Waals surface area contributed by atoms with Crippen molar-refractivity contribution in [2.75, 3.05) is 66.7 Å². The fourth-order valence-electron chi connectivity index (χ4n) is 11.2. The first kappa shape index (κ1) is 58.6. The van der Waals surface area contributed by atoms with Crippen LogP contribution in [0.15, 0.2) is 91.0 Å². The van der Waals surface area contributed by atoms with Gasteiger partial charge in [-0.05, 0) is 154 Å². The second-order valence-electron chi connectivity index (χ2n) is 21.6. The zero-order chi connectivity index (χ0) is 56.7. The standard InChI is InChI=1S/C61H73N5O11S3/c1-8-62-77-25-14-13-19-53(67)57(80(71,72)74-7)23-26-78-79-61(3,4)24-22-58(68)63-45-29-40(37-75-54-35-52-49(27-39(54)2)60(70)66-47(36-64(52)5)32-44-16-10-12-18-51(44)66)28-41(30-45)38-76-56-33-42-20-21-46-31-43-15-9-11-17-50(43)65(46)59(69)48(42)34-55(56)73-6/h9-12,15-18,27-30,33-35,46-47,57,62H,8,13-14,19-26,31-32,36-38H2,1-7H3,(H,63,68)/t46-,47+,57?/m1/s1. The number of fused-ring (bicyclic) bond motifs is 8. The molecule has 5 aromatic carbocycles. The molecule has 5 aromatic rings. The highest BCUT2D eigenvalue weighted by atomic mass is 33.1. The van der Waals surface area contributed by atoms with Gasteiger partial charge in [-0.3, -0.25) is 23.4 Å². The quantitative estimate of drug-likeness (QED) is 0.0231. The van der Waals surface area contributed by atoms with E-state index >= 15 is 0 Å². The number of rotatable bonds is 26. The molecule has 4 heterocycles. The first-order valence-electron chi connectivity index (χ1n) is 27.5. The van der Waals surface area contributed by atoms with Gasteiger partial charge >= 0.3 is 0 Å². The third kappa shape index (κ3) is 13.5. The normalized spacial score (nSPS) is 16.9. The number of methoxy groups -OCH3 is 1. The van der Waals surface area contributed by atoms with E-state index in [1.165, 1.54) is 21.9 Å². The average Bonchev–Trinajstić information content (AvgIpc) is 4.01. The van der Waals surface area contributed by atoms with Gasteiger partial charge in [0, 0.05) is 78.2 Å². The number of nitrogens with zero attached hydrogens (tertiary/aromatic N) is 3. The third-order valence-electron chi connectivity index (χ3n) is 15.3. The molecule has 9 rings (SSSR count). The SMILES string of the molecule is CCNOCCCCC(=O)C(CCSSC(C)(C)CCC(=O)Nc1cc(COc2cc3c(cc2C)C(=O)N2c4ccccc4C[C@H]2CN3C)cc(COc2cc3c(cc2OC)C(=O)N2c4ccccc4C[C@H]2CC3)c1)S(=O)(=O)OC. The van der Waals surface area contributed by atoms with E-state index in [0.29, 0.717) is 85.2 Å². The maximum Gasteiger partial charge on any atom is 0.277 e. The summed E-state index contributed by atoms with van der Waals surface area (Å²) < 4.78 is 49.0. The number of amides is 3. The predicted molar refractivity (Wildman–Crippen MR) is 317 cm³/mol. The van der Waals surface area contributed by atoms with Crippen molar-refractivity contribution in [3.63, 3.8) is 0 Å². The van der Waals surface area contributed by atoms with Crippen LogP contribution in [0.5, 0.6) is 17.2 Å². The molecule has 0 bridgehead atoms. The predicted octanol–water partition coefficient (Wildman–Crippen LogP) is 10.6. The Morgan fingerprint density at radius 1 is 0.775 bits per heavy atom. The number of benzene rings is 5. The fourth-order valence-corrected chi connectivity index (χ4v) is 15.1. The Bertz CT molecular complexity index is 3230. The van der Waals surface area contributed by atoms with E-state index in [4.69, 9.17) is 23.2 Å². The molecule has 2 N–H and O–H groups in total. The van der Waals surface area contributed by atoms with Crippen molar-refractivity contribution in [1.29, 1.82) is 0 Å². The van der Waals surface area contributed by atoms with Gasteiger partial charge in [0.25, 0.3) is 21.9 Å². The Hall–Kier alpha value is -6.09. The van der Waals surface area contributed by atoms with E-state index < -0.39 is 15.4 Å². The highest BCUT2D eigenvalue weighted by molar-refractivity contribution is 8.77. The van der Waals surface area contributed by atoms with E-state index in [0.717, 1.165) is 65.7 Å². The number of aryl methyl sites for hydroxylation is 2. The van der Waals surface area contributed by atoms with Gasteiger partial charge in [0.05, 0.1) is 38.1 Å². The molecule has 16 nitrogen and oxygen atoms in total. The van der Waals surface area contributed by atoms with Crippen molar-refractivity contribution in [2.45, 2.75) is 127 Å². The molecule has 80 heavy (non-hydrogen) atoms. The molecule has 0 saturated carbocycles. The number of likely N-dealkylation sites (N-methyl/N-ethyl adjacent to an activating group) is 1. The second-order valence-corrected chi connectivity index (χ2v) is 26.6. The molecule has 0 fully saturated rings. The minimum absolute atomic E-state index is 0.00821. The Balaban J connectivity index is 0.886. The number of nitrogens with one attached hydrogen (secondary N) is 2. The number of anilines is 4. The summed E-state index contributed by atoms with van der Waals surface area (Å²) in [4.78, 5) is 66.7. The molecule has 4 aliphatic rings. The first-order chi connectivity index (χ1) is 38.5. The number of hydrogen-bond donors (Lipinski definition) is 2. The summed E-state index contributed by atoms with van der Waals surface area (Å²) in [6, 6.07) is 29.6. The Morgan fingerprint density at radius 2 is 1.44 bits per heavy atom. The molecule has 426 valence electrons. The van der Waals surface area contributed by atoms with Crippen molar-refractivity contribution in [1.82, 2.24) is 5.48 Å². The Morgan fingerprint density at radius 3 is 2.12 bits per heavy atom. The Labute approximate surface area is 478 Å². The monoisotopic (exact) mass is 1150 g/mol. The molecule has 0 radical (unpaired) electrons. The summed E-state index contributed by atoms with van der Waals surface area (Å²) in [5, 5.41) is 1.87. The minimum atomic E-state index is -4.08. The Kier molecular flexibility index (Phi) is 18.9. The van der Waals surface area contributed by atoms with Crippen molar-refractivity contribution >= 4 is 78.0 Å². The van der Waals surface area contributed by atoms with Crippen LogP contribution in [-0.2, 0) is 61.2 Å². The van der Waals surface area contributed by atoms with Crippen LogP contribution in [-0.4, -0.2) is 101 Å². The molecule has 0 aliphatic carbocycles. The summed E-state index contributed by atoms with van der Waals surface area (Å²) in [6.07, 6.45) is 5.14. The summed E-state index contributed by atoms with van der Waals surface area (Å²) in [6.45, 7) is 9.92. The fraction of sp³-hybridized carbons (Fsp3) is 0.443. The average molecular weight is 1150 g/mol. The molecule has 3 atom stereocenters. The lowest BCUT2D eigenvalue weighted by molar-refractivity contribution is -0.119. The molecule has 0 aromatic heterocycles. The van der Waals surface area contributed by atoms with Gasteiger partial charge in [-0.1, -0.05) is 64.9 Å². The van der Waals surface area contributed by atoms with E-state index in [1.54, 1.807) is 24.0 Å². The number of hydroxylamine groups is 1. The van der Waals surface area contributed by atoms with Crippen LogP contribution in [0.25, 0.3) is 0 Å². The van der Waals surface area contributed by atoms with Crippen LogP contribution in [0, 0.1) is 6.92 Å². The summed E-state index contributed by atoms with van der Waals surface area (Å²) in [7, 11) is 3.60. The van der Waals surface area contributed by atoms with Crippen LogP contribution in [0.4, 0.5) is 22.7 Å². The molecular formula is C61H73N5O11S3. The number of ether oxygens (including phenoxy) is 3. The van der Waals surface area contributed by atoms with Gasteiger partial charge < -0.3 is 39.1 Å². The number of unbranched alkanes of at least 4 members (excludes halogenated alkanes) is 1. The zero-order valence-corrected chi connectivity index (χ0v) is 49.2. The van der Waals surface area contributed by atoms with E-state index in [9.17, 15) is 27.6 Å². The summed E-state index contributed by atoms with van der Waals surface area (Å²) in [5.41, 5.74) is 12.8. The topological polar surface area (TPSA) is 182 Å². The number of para-hydroxylation sites is 2. The number of carbonyl (C=O) groups excluding carboxylic acids is 4. The molecule has 3 amide bonds. The van der Waals surface area contributed by atoms with E-state index in [2.05, 4.69) is 27.8 Å². The molecular weight excluding hydrogens is 1070 g/mol. The van der Waals surface area contributed by atoms with E-state index in [1.807, 2.05) is 117 Å². The third-order valence-corrected chi connectivity index (χ3v) is 20.3. The maximum atomic E-state index is 14.3. The summed E-state index contributed by atoms with van der Waals surface area (Å²) in [5.74, 6) is 1.31. The largest absolute Gasteiger partial charge is 0.493 e. The van der Waals surface area contributed by atoms with Crippen molar-refractivity contribution < 1.29 is 50.8 Å². The molecule has 0 spiro atoms. The van der Waals surface area contributed by atoms with Crippen LogP contribution < -0.4 is 39.7 Å². The van der Waals surface area contributed by atoms with Gasteiger partial charge in [0.1, 0.15) is 24.2 Å². The number of hydrogen-bond acceptors (Lipinski definition) is 15. The van der Waals surface area contributed by atoms with Crippen LogP contribution >= 0.6 is 21.6 Å². The van der Waals surface area contributed by atoms with Crippen LogP contribution in [0.3, 0.4) is 0 Å². The molecule has 19 heteroatoms. The van der Waals surface area contributed by atoms with Gasteiger partial charge in [0.2, 0.25) is 5.91 Å². The smallest absolute Gasteiger partial charge is 0.277 e. The highest BCUT2D eigenvalue weighted by Crippen LogP contribution is 2.43. The molecule has 1 unspecified atom stereocenters. The first-order valence-corrected chi connectivity index (χ1v) is 31.3. The van der Waals surface area contributed by atoms with Crippen molar-refractivity contribution in [3.05, 3.63) is 136 Å². The lowest BCUT2D eigenvalue weighted by Crippen LogP contribution is -2.41. The summed E-state index contributed by atoms with van der Waals surface area (Å²) >= 11 is 0. The minimum Gasteiger partial charge on any atom is -0.493 e. The lowest BCUT2D eigenvalue weighted by Gasteiger charge is -2.25. The number of carbonyl (C=O) groups is 4. The van der Waals surface area contributed by atoms with E-state index in [-0.39, 0.29) is 72.8 Å². The van der Waals surface area contributed by atoms with Gasteiger partial charge in [-0.15, -0.1) is 0 Å². The van der Waals surface area contributed by atoms with Crippen LogP contribution in [0.2, 0.25) is 0 Å². The number of ketones is 1. The number of Topliss-reactive ketones (excluding diaryl/α,β-unsaturated/α-hetero) is 1. The zero-order valence-electron chi connectivity index (χ0n) is 46.8. The van der Waals surface area contributed by atoms with Gasteiger partial charge in [0.15, 0.2) is 17.3 Å². The van der Waals surface area contributed by atoms with Gasteiger partial charge in [-0.25, -0.2) is 5.48 Å². The van der Waals surface area contributed by atoms with Crippen molar-refractivity contribution in [2.24, 2.45) is 0 Å². The lowest BCUT2D eigenvalue weighted by atomic mass is 9.99. The molecule has 4 aliphatic heterocycles. The highest BCUT2D eigenvalue weighted by Gasteiger charge is 2.40. The van der Waals surface area contributed by atoms with Crippen LogP contribution in [0.1, 0.15) is 120 Å². The van der Waals surface area contributed by atoms with Crippen molar-refractivity contribution in [3.8, 4) is 17.2 Å². The maximum absolute atomic E-state index is 14.3. The second kappa shape index (κ2) is 25.8. The van der Waals surface area contributed by atoms with Gasteiger partial charge in [-0.2, -0.15) is 8.42 Å².